The first-order chi connectivity index (χ1) is 9.15. The van der Waals surface area contributed by atoms with Crippen molar-refractivity contribution in [2.24, 2.45) is 0 Å². The lowest BCUT2D eigenvalue weighted by Crippen LogP contribution is -1.99. The van der Waals surface area contributed by atoms with Crippen molar-refractivity contribution in [2.45, 2.75) is 12.8 Å². The number of aryl methyl sites for hydroxylation is 1. The first-order valence-electron chi connectivity index (χ1n) is 6.01. The third kappa shape index (κ3) is 4.14. The molecule has 19 heavy (non-hydrogen) atoms. The molecule has 0 heterocycles. The summed E-state index contributed by atoms with van der Waals surface area (Å²) in [5, 5.41) is 9.53. The van der Waals surface area contributed by atoms with E-state index in [0.29, 0.717) is 12.4 Å². The summed E-state index contributed by atoms with van der Waals surface area (Å²) in [6.07, 6.45) is 1.53. The van der Waals surface area contributed by atoms with Crippen LogP contribution in [0.4, 0.5) is 4.39 Å². The van der Waals surface area contributed by atoms with Crippen molar-refractivity contribution in [3.63, 3.8) is 0 Å². The van der Waals surface area contributed by atoms with Crippen LogP contribution in [0.3, 0.4) is 0 Å². The summed E-state index contributed by atoms with van der Waals surface area (Å²) < 4.78 is 18.5. The van der Waals surface area contributed by atoms with Gasteiger partial charge in [-0.3, -0.25) is 0 Å². The number of hydrogen-bond acceptors (Lipinski definition) is 2. The second-order valence-corrected chi connectivity index (χ2v) is 4.60. The molecule has 0 bridgehead atoms. The molecule has 0 fully saturated rings. The number of phenols is 1. The molecule has 0 unspecified atom stereocenters. The Morgan fingerprint density at radius 3 is 2.74 bits per heavy atom. The van der Waals surface area contributed by atoms with Gasteiger partial charge in [-0.25, -0.2) is 4.39 Å². The van der Waals surface area contributed by atoms with Gasteiger partial charge >= 0.3 is 0 Å². The first kappa shape index (κ1) is 13.7. The maximum absolute atomic E-state index is 13.0. The van der Waals surface area contributed by atoms with Crippen LogP contribution >= 0.6 is 11.6 Å². The van der Waals surface area contributed by atoms with E-state index >= 15 is 0 Å². The van der Waals surface area contributed by atoms with Crippen molar-refractivity contribution in [1.29, 1.82) is 0 Å². The third-order valence-corrected chi connectivity index (χ3v) is 2.99. The van der Waals surface area contributed by atoms with E-state index < -0.39 is 0 Å². The van der Waals surface area contributed by atoms with E-state index in [1.54, 1.807) is 18.2 Å². The molecule has 1 N–H and O–H groups in total. The summed E-state index contributed by atoms with van der Waals surface area (Å²) in [6.45, 7) is 0.512. The van der Waals surface area contributed by atoms with Crippen molar-refractivity contribution >= 4 is 11.6 Å². The highest BCUT2D eigenvalue weighted by Gasteiger charge is 2.01. The van der Waals surface area contributed by atoms with Crippen LogP contribution in [0.1, 0.15) is 12.0 Å². The molecule has 2 aromatic rings. The Labute approximate surface area is 116 Å². The zero-order valence-electron chi connectivity index (χ0n) is 10.3. The first-order valence-corrected chi connectivity index (χ1v) is 6.39. The molecular weight excluding hydrogens is 267 g/mol. The van der Waals surface area contributed by atoms with Crippen molar-refractivity contribution < 1.29 is 14.2 Å². The second kappa shape index (κ2) is 6.43. The van der Waals surface area contributed by atoms with Gasteiger partial charge in [0.2, 0.25) is 0 Å². The molecule has 0 aromatic heterocycles. The predicted molar refractivity (Wildman–Crippen MR) is 73.3 cm³/mol. The fraction of sp³-hybridized carbons (Fsp3) is 0.200. The topological polar surface area (TPSA) is 29.5 Å². The van der Waals surface area contributed by atoms with E-state index in [2.05, 4.69) is 0 Å². The monoisotopic (exact) mass is 280 g/mol. The average molecular weight is 281 g/mol. The van der Waals surface area contributed by atoms with Crippen LogP contribution < -0.4 is 4.74 Å². The highest BCUT2D eigenvalue weighted by atomic mass is 35.5. The summed E-state index contributed by atoms with van der Waals surface area (Å²) >= 11 is 5.77. The molecule has 0 radical (unpaired) electrons. The number of benzene rings is 2. The zero-order chi connectivity index (χ0) is 13.7. The molecule has 2 rings (SSSR count). The summed E-state index contributed by atoms with van der Waals surface area (Å²) in [6, 6.07) is 11.3. The van der Waals surface area contributed by atoms with Crippen molar-refractivity contribution in [2.75, 3.05) is 6.61 Å². The lowest BCUT2D eigenvalue weighted by Gasteiger charge is -2.07. The fourth-order valence-corrected chi connectivity index (χ4v) is 1.91. The summed E-state index contributed by atoms with van der Waals surface area (Å²) in [4.78, 5) is 0. The molecule has 4 heteroatoms. The molecule has 0 spiro atoms. The van der Waals surface area contributed by atoms with Gasteiger partial charge in [-0.2, -0.15) is 0 Å². The Morgan fingerprint density at radius 2 is 2.00 bits per heavy atom. The second-order valence-electron chi connectivity index (χ2n) is 4.20. The highest BCUT2D eigenvalue weighted by Crippen LogP contribution is 2.27. The summed E-state index contributed by atoms with van der Waals surface area (Å²) in [7, 11) is 0. The maximum Gasteiger partial charge on any atom is 0.134 e. The number of aromatic hydroxyl groups is 1. The Kier molecular flexibility index (Phi) is 4.63. The number of phenolic OH excluding ortho intramolecular Hbond substituents is 1. The van der Waals surface area contributed by atoms with Crippen LogP contribution in [0.5, 0.6) is 11.5 Å². The maximum atomic E-state index is 13.0. The van der Waals surface area contributed by atoms with Gasteiger partial charge in [-0.1, -0.05) is 23.7 Å². The van der Waals surface area contributed by atoms with E-state index in [9.17, 15) is 9.50 Å². The molecule has 100 valence electrons. The van der Waals surface area contributed by atoms with Gasteiger partial charge in [-0.05, 0) is 42.7 Å². The van der Waals surface area contributed by atoms with E-state index in [4.69, 9.17) is 16.3 Å². The largest absolute Gasteiger partial charge is 0.506 e. The molecular formula is C15H14ClFO2. The molecule has 0 aliphatic carbocycles. The van der Waals surface area contributed by atoms with Gasteiger partial charge in [-0.15, -0.1) is 0 Å². The molecule has 0 aliphatic rings. The molecule has 2 aromatic carbocycles. The van der Waals surface area contributed by atoms with Gasteiger partial charge in [0, 0.05) is 6.07 Å². The zero-order valence-corrected chi connectivity index (χ0v) is 11.0. The lowest BCUT2D eigenvalue weighted by molar-refractivity contribution is 0.310. The minimum atomic E-state index is -0.219. The Morgan fingerprint density at radius 1 is 1.16 bits per heavy atom. The molecule has 0 aliphatic heterocycles. The standard InChI is InChI=1S/C15H14ClFO2/c16-14-10-13(6-7-15(14)18)19-8-2-4-11-3-1-5-12(17)9-11/h1,3,5-7,9-10,18H,2,4,8H2. The SMILES string of the molecule is Oc1ccc(OCCCc2cccc(F)c2)cc1Cl. The Hall–Kier alpha value is -1.74. The van der Waals surface area contributed by atoms with E-state index in [-0.39, 0.29) is 16.6 Å². The van der Waals surface area contributed by atoms with Crippen LogP contribution in [0.2, 0.25) is 5.02 Å². The highest BCUT2D eigenvalue weighted by molar-refractivity contribution is 6.32. The van der Waals surface area contributed by atoms with E-state index in [1.807, 2.05) is 6.07 Å². The smallest absolute Gasteiger partial charge is 0.134 e. The lowest BCUT2D eigenvalue weighted by atomic mass is 10.1. The van der Waals surface area contributed by atoms with Gasteiger partial charge in [0.1, 0.15) is 17.3 Å². The van der Waals surface area contributed by atoms with E-state index in [0.717, 1.165) is 18.4 Å². The van der Waals surface area contributed by atoms with Crippen molar-refractivity contribution in [3.05, 3.63) is 58.9 Å². The van der Waals surface area contributed by atoms with Crippen LogP contribution in [0, 0.1) is 5.82 Å². The molecule has 0 saturated carbocycles. The normalized spacial score (nSPS) is 10.4. The predicted octanol–water partition coefficient (Wildman–Crippen LogP) is 4.20. The molecule has 0 saturated heterocycles. The molecule has 2 nitrogen and oxygen atoms in total. The van der Waals surface area contributed by atoms with Gasteiger partial charge < -0.3 is 9.84 Å². The van der Waals surface area contributed by atoms with Crippen LogP contribution in [0.25, 0.3) is 0 Å². The number of ether oxygens (including phenoxy) is 1. The number of hydrogen-bond donors (Lipinski definition) is 1. The van der Waals surface area contributed by atoms with Crippen molar-refractivity contribution in [1.82, 2.24) is 0 Å². The molecule has 0 atom stereocenters. The Bertz CT molecular complexity index is 558. The van der Waals surface area contributed by atoms with Crippen molar-refractivity contribution in [3.8, 4) is 11.5 Å². The third-order valence-electron chi connectivity index (χ3n) is 2.69. The summed E-state index contributed by atoms with van der Waals surface area (Å²) in [5.41, 5.74) is 0.951. The van der Waals surface area contributed by atoms with Gasteiger partial charge in [0.15, 0.2) is 0 Å². The minimum absolute atomic E-state index is 0.0359. The summed E-state index contributed by atoms with van der Waals surface area (Å²) in [5.74, 6) is 0.430. The van der Waals surface area contributed by atoms with Gasteiger partial charge in [0.25, 0.3) is 0 Å². The van der Waals surface area contributed by atoms with Crippen LogP contribution in [-0.4, -0.2) is 11.7 Å². The van der Waals surface area contributed by atoms with E-state index in [1.165, 1.54) is 18.2 Å². The minimum Gasteiger partial charge on any atom is -0.506 e. The number of rotatable bonds is 5. The average Bonchev–Trinajstić information content (AvgIpc) is 2.39. The Balaban J connectivity index is 1.79. The van der Waals surface area contributed by atoms with Crippen LogP contribution in [0.15, 0.2) is 42.5 Å². The molecule has 0 amide bonds. The van der Waals surface area contributed by atoms with Gasteiger partial charge in [0.05, 0.1) is 11.6 Å². The van der Waals surface area contributed by atoms with Crippen LogP contribution in [-0.2, 0) is 6.42 Å². The fourth-order valence-electron chi connectivity index (χ4n) is 1.74. The quantitative estimate of drug-likeness (QED) is 0.832. The number of halogens is 2.